The van der Waals surface area contributed by atoms with E-state index in [0.717, 1.165) is 0 Å². The molecule has 1 saturated heterocycles. The fourth-order valence-electron chi connectivity index (χ4n) is 2.89. The molecule has 0 aliphatic carbocycles. The molecule has 0 atom stereocenters. The number of nitrogens with one attached hydrogen (secondary N) is 1. The van der Waals surface area contributed by atoms with Crippen LogP contribution in [0.4, 0.5) is 34.1 Å². The number of nitrogens with two attached hydrogens (primary N) is 1. The van der Waals surface area contributed by atoms with Crippen molar-refractivity contribution >= 4 is 34.1 Å². The molecule has 0 radical (unpaired) electrons. The molecule has 1 heterocycles. The van der Waals surface area contributed by atoms with Crippen LogP contribution < -0.4 is 20.4 Å². The molecule has 0 unspecified atom stereocenters. The highest BCUT2D eigenvalue weighted by Crippen LogP contribution is 2.37. The second-order valence-electron chi connectivity index (χ2n) is 7.49. The van der Waals surface area contributed by atoms with Gasteiger partial charge in [0.1, 0.15) is 26.2 Å². The molecule has 22 nitrogen and oxygen atoms in total. The summed E-state index contributed by atoms with van der Waals surface area (Å²) >= 11 is 0. The lowest BCUT2D eigenvalue weighted by atomic mass is 10.2. The Labute approximate surface area is 214 Å². The van der Waals surface area contributed by atoms with Gasteiger partial charge in [0.2, 0.25) is 0 Å². The van der Waals surface area contributed by atoms with E-state index in [1.807, 2.05) is 0 Å². The van der Waals surface area contributed by atoms with Crippen LogP contribution in [-0.4, -0.2) is 62.8 Å². The van der Waals surface area contributed by atoms with Gasteiger partial charge in [-0.1, -0.05) is 0 Å². The number of nitro benzene ring substituents is 6. The lowest BCUT2D eigenvalue weighted by molar-refractivity contribution is -0.930. The van der Waals surface area contributed by atoms with Gasteiger partial charge < -0.3 is 20.4 Å². The summed E-state index contributed by atoms with van der Waals surface area (Å²) in [4.78, 5) is 56.7. The molecule has 210 valence electrons. The van der Waals surface area contributed by atoms with Gasteiger partial charge >= 0.3 is 0 Å². The molecule has 2 aromatic carbocycles. The van der Waals surface area contributed by atoms with Crippen molar-refractivity contribution in [1.82, 2.24) is 0 Å². The number of rotatable bonds is 6. The van der Waals surface area contributed by atoms with Crippen molar-refractivity contribution in [2.45, 2.75) is 0 Å². The quantitative estimate of drug-likeness (QED) is 0.287. The van der Waals surface area contributed by atoms with Crippen molar-refractivity contribution < 1.29 is 50.0 Å². The van der Waals surface area contributed by atoms with Crippen molar-refractivity contribution in [3.05, 3.63) is 85.0 Å². The molecule has 39 heavy (non-hydrogen) atoms. The number of quaternary nitrogens is 2. The number of nitro groups is 6. The van der Waals surface area contributed by atoms with Crippen LogP contribution >= 0.6 is 0 Å². The van der Waals surface area contributed by atoms with E-state index in [1.165, 1.54) is 26.2 Å². The highest BCUT2D eigenvalue weighted by Gasteiger charge is 2.25. The third kappa shape index (κ3) is 8.76. The molecule has 3 N–H and O–H groups in total. The Morgan fingerprint density at radius 2 is 0.821 bits per heavy atom. The molecule has 0 aromatic heterocycles. The van der Waals surface area contributed by atoms with Crippen LogP contribution in [0.25, 0.3) is 0 Å². The van der Waals surface area contributed by atoms with E-state index in [-0.39, 0.29) is 0 Å². The minimum atomic E-state index is -1.46. The maximum Gasteiger partial charge on any atom is 0.283 e. The molecular weight excluding hydrogens is 540 g/mol. The number of non-ortho nitro benzene ring substituents is 2. The topological polar surface area (TPSA) is 326 Å². The summed E-state index contributed by atoms with van der Waals surface area (Å²) in [5.74, 6) is -2.92. The third-order valence-electron chi connectivity index (χ3n) is 4.83. The van der Waals surface area contributed by atoms with Gasteiger partial charge in [-0.3, -0.25) is 60.7 Å². The summed E-state index contributed by atoms with van der Waals surface area (Å²) in [6, 6.07) is 1.54. The highest BCUT2D eigenvalue weighted by atomic mass is 16.7. The van der Waals surface area contributed by atoms with E-state index >= 15 is 0 Å². The zero-order valence-electron chi connectivity index (χ0n) is 19.6. The Morgan fingerprint density at radius 3 is 0.974 bits per heavy atom. The predicted molar refractivity (Wildman–Crippen MR) is 120 cm³/mol. The lowest BCUT2D eigenvalue weighted by Gasteiger charge is -2.16. The molecule has 22 heteroatoms. The Kier molecular flexibility index (Phi) is 11.0. The zero-order chi connectivity index (χ0) is 30.0. The fraction of sp³-hybridized carbons (Fsp3) is 0.294. The van der Waals surface area contributed by atoms with Gasteiger partial charge in [-0.05, 0) is 0 Å². The maximum absolute atomic E-state index is 11.1. The summed E-state index contributed by atoms with van der Waals surface area (Å²) in [6.07, 6.45) is 0. The van der Waals surface area contributed by atoms with Gasteiger partial charge in [-0.2, -0.15) is 0 Å². The van der Waals surface area contributed by atoms with E-state index in [1.54, 1.807) is 4.90 Å². The average Bonchev–Trinajstić information content (AvgIpc) is 2.84. The number of nitrogens with zero attached hydrogens (tertiary/aromatic N) is 6. The smallest absolute Gasteiger partial charge is 0.283 e. The molecule has 0 saturated carbocycles. The fourth-order valence-corrected chi connectivity index (χ4v) is 2.89. The van der Waals surface area contributed by atoms with Gasteiger partial charge in [0.05, 0.1) is 72.4 Å². The molecule has 1 aliphatic rings. The van der Waals surface area contributed by atoms with Crippen LogP contribution in [0.5, 0.6) is 11.5 Å². The third-order valence-corrected chi connectivity index (χ3v) is 4.83. The zero-order valence-corrected chi connectivity index (χ0v) is 19.6. The summed E-state index contributed by atoms with van der Waals surface area (Å²) in [7, 11) is 2.26. The van der Waals surface area contributed by atoms with Crippen molar-refractivity contribution in [2.75, 3.05) is 33.2 Å². The van der Waals surface area contributed by atoms with Crippen LogP contribution in [0.2, 0.25) is 0 Å². The minimum Gasteiger partial charge on any atom is -0.863 e. The van der Waals surface area contributed by atoms with Crippen molar-refractivity contribution in [3.8, 4) is 11.5 Å². The van der Waals surface area contributed by atoms with Gasteiger partial charge in [0.15, 0.2) is 0 Å². The predicted octanol–water partition coefficient (Wildman–Crippen LogP) is -1.95. The minimum absolute atomic E-state index is 0.384. The molecule has 1 aliphatic heterocycles. The SMILES string of the molecule is C[NH+]1CC[NH2+]CC1.O=[N+]([O-])c1cc([N+](=O)[O-])c([O-])c([N+](=O)[O-])c1.O=[N+]([O-])c1cc([N+](=O)[O-])c([O-])c([N+](=O)[O-])c1. The molecule has 0 amide bonds. The molecule has 0 bridgehead atoms. The second-order valence-corrected chi connectivity index (χ2v) is 7.49. The number of hydrogen-bond acceptors (Lipinski definition) is 14. The van der Waals surface area contributed by atoms with E-state index in [9.17, 15) is 70.9 Å². The molecule has 1 fully saturated rings. The van der Waals surface area contributed by atoms with Crippen LogP contribution in [0.15, 0.2) is 24.3 Å². The van der Waals surface area contributed by atoms with Crippen LogP contribution in [-0.2, 0) is 0 Å². The van der Waals surface area contributed by atoms with Crippen LogP contribution in [0.3, 0.4) is 0 Å². The van der Waals surface area contributed by atoms with E-state index in [0.29, 0.717) is 24.3 Å². The van der Waals surface area contributed by atoms with E-state index in [2.05, 4.69) is 12.4 Å². The van der Waals surface area contributed by atoms with E-state index in [4.69, 9.17) is 0 Å². The number of benzene rings is 2. The van der Waals surface area contributed by atoms with Gasteiger partial charge in [0.25, 0.3) is 34.1 Å². The van der Waals surface area contributed by atoms with Gasteiger partial charge in [-0.15, -0.1) is 0 Å². The largest absolute Gasteiger partial charge is 0.863 e. The van der Waals surface area contributed by atoms with E-state index < -0.39 is 75.2 Å². The second kappa shape index (κ2) is 13.6. The summed E-state index contributed by atoms with van der Waals surface area (Å²) in [5, 5.41) is 86.6. The maximum atomic E-state index is 11.1. The normalized spacial score (nSPS) is 12.5. The number of piperazine rings is 1. The Bertz CT molecular complexity index is 1150. The highest BCUT2D eigenvalue weighted by molar-refractivity contribution is 5.64. The Balaban J connectivity index is 0.000000314. The summed E-state index contributed by atoms with van der Waals surface area (Å²) in [5.41, 5.74) is -6.53. The first-order valence-electron chi connectivity index (χ1n) is 10.3. The first kappa shape index (κ1) is 31.4. The monoisotopic (exact) mass is 558 g/mol. The molecular formula is C17H18N8O14. The van der Waals surface area contributed by atoms with Crippen molar-refractivity contribution in [2.24, 2.45) is 0 Å². The summed E-state index contributed by atoms with van der Waals surface area (Å²) < 4.78 is 0. The Morgan fingerprint density at radius 1 is 0.564 bits per heavy atom. The number of likely N-dealkylation sites (N-methyl/N-ethyl adjacent to an activating group) is 1. The lowest BCUT2D eigenvalue weighted by Crippen LogP contribution is -3.18. The standard InChI is InChI=1S/2C6H3N3O7.C5H12N2/c2*10-6-4(8(13)14)1-3(7(11)12)2-5(6)9(15)16;1-7-4-2-6-3-5-7/h2*1-2,10H;6H,2-5H2,1H3. The van der Waals surface area contributed by atoms with Crippen molar-refractivity contribution in [3.63, 3.8) is 0 Å². The van der Waals surface area contributed by atoms with Crippen LogP contribution in [0, 0.1) is 60.7 Å². The summed E-state index contributed by atoms with van der Waals surface area (Å²) in [6.45, 7) is 5.34. The average molecular weight is 558 g/mol. The van der Waals surface area contributed by atoms with Crippen LogP contribution in [0.1, 0.15) is 0 Å². The first-order valence-corrected chi connectivity index (χ1v) is 10.3. The molecule has 2 aromatic rings. The van der Waals surface area contributed by atoms with Gasteiger partial charge in [-0.25, -0.2) is 0 Å². The molecule has 0 spiro atoms. The Hall–Kier alpha value is -5.64. The van der Waals surface area contributed by atoms with Gasteiger partial charge in [0, 0.05) is 0 Å². The van der Waals surface area contributed by atoms with Crippen molar-refractivity contribution in [1.29, 1.82) is 0 Å². The first-order chi connectivity index (χ1) is 18.1. The molecule has 3 rings (SSSR count). The number of hydrogen-bond donors (Lipinski definition) is 2.